The SMILES string of the molecule is CNCC1OC1CNC. The lowest BCUT2D eigenvalue weighted by Crippen LogP contribution is -2.21. The van der Waals surface area contributed by atoms with Gasteiger partial charge in [0.2, 0.25) is 0 Å². The molecular weight excluding hydrogens is 116 g/mol. The zero-order valence-electron chi connectivity index (χ0n) is 5.98. The van der Waals surface area contributed by atoms with Crippen LogP contribution in [0.2, 0.25) is 0 Å². The molecule has 0 aromatic rings. The van der Waals surface area contributed by atoms with Crippen molar-refractivity contribution in [3.05, 3.63) is 0 Å². The molecule has 2 atom stereocenters. The maximum absolute atomic E-state index is 5.27. The van der Waals surface area contributed by atoms with Crippen LogP contribution < -0.4 is 10.6 Å². The van der Waals surface area contributed by atoms with Gasteiger partial charge in [0, 0.05) is 13.1 Å². The van der Waals surface area contributed by atoms with Crippen molar-refractivity contribution in [2.45, 2.75) is 12.2 Å². The number of hydrogen-bond acceptors (Lipinski definition) is 3. The Morgan fingerprint density at radius 2 is 1.56 bits per heavy atom. The van der Waals surface area contributed by atoms with Crippen molar-refractivity contribution in [2.24, 2.45) is 0 Å². The molecule has 0 bridgehead atoms. The molecule has 9 heavy (non-hydrogen) atoms. The summed E-state index contributed by atoms with van der Waals surface area (Å²) in [6.45, 7) is 1.96. The lowest BCUT2D eigenvalue weighted by atomic mass is 10.3. The smallest absolute Gasteiger partial charge is 0.0978 e. The molecule has 0 aromatic carbocycles. The van der Waals surface area contributed by atoms with Crippen LogP contribution in [0.25, 0.3) is 0 Å². The van der Waals surface area contributed by atoms with Crippen LogP contribution in [0.3, 0.4) is 0 Å². The topological polar surface area (TPSA) is 36.6 Å². The number of likely N-dealkylation sites (N-methyl/N-ethyl adjacent to an activating group) is 2. The number of hydrogen-bond donors (Lipinski definition) is 2. The zero-order chi connectivity index (χ0) is 6.69. The van der Waals surface area contributed by atoms with Crippen molar-refractivity contribution in [1.29, 1.82) is 0 Å². The van der Waals surface area contributed by atoms with Gasteiger partial charge in [-0.1, -0.05) is 0 Å². The van der Waals surface area contributed by atoms with Gasteiger partial charge in [-0.25, -0.2) is 0 Å². The fourth-order valence-corrected chi connectivity index (χ4v) is 0.941. The molecule has 0 spiro atoms. The van der Waals surface area contributed by atoms with E-state index < -0.39 is 0 Å². The molecule has 1 rings (SSSR count). The zero-order valence-corrected chi connectivity index (χ0v) is 5.98. The van der Waals surface area contributed by atoms with Gasteiger partial charge in [-0.05, 0) is 14.1 Å². The lowest BCUT2D eigenvalue weighted by molar-refractivity contribution is 0.363. The van der Waals surface area contributed by atoms with E-state index in [2.05, 4.69) is 10.6 Å². The van der Waals surface area contributed by atoms with Gasteiger partial charge in [-0.15, -0.1) is 0 Å². The highest BCUT2D eigenvalue weighted by Gasteiger charge is 2.36. The predicted octanol–water partition coefficient (Wildman–Crippen LogP) is -0.807. The summed E-state index contributed by atoms with van der Waals surface area (Å²) in [5.74, 6) is 0. The standard InChI is InChI=1S/C6H14N2O/c1-7-3-5-6(9-5)4-8-2/h5-8H,3-4H2,1-2H3. The summed E-state index contributed by atoms with van der Waals surface area (Å²) in [5.41, 5.74) is 0. The number of epoxide rings is 1. The van der Waals surface area contributed by atoms with E-state index >= 15 is 0 Å². The summed E-state index contributed by atoms with van der Waals surface area (Å²) in [4.78, 5) is 0. The molecule has 3 heteroatoms. The molecule has 1 aliphatic rings. The third-order valence-corrected chi connectivity index (χ3v) is 1.50. The molecule has 1 aliphatic heterocycles. The largest absolute Gasteiger partial charge is 0.367 e. The van der Waals surface area contributed by atoms with Crippen molar-refractivity contribution in [1.82, 2.24) is 10.6 Å². The highest BCUT2D eigenvalue weighted by molar-refractivity contribution is 4.87. The van der Waals surface area contributed by atoms with Gasteiger partial charge in [-0.3, -0.25) is 0 Å². The Hall–Kier alpha value is -0.120. The molecule has 0 radical (unpaired) electrons. The third kappa shape index (κ3) is 1.93. The van der Waals surface area contributed by atoms with E-state index in [1.165, 1.54) is 0 Å². The molecule has 2 unspecified atom stereocenters. The maximum atomic E-state index is 5.27. The monoisotopic (exact) mass is 130 g/mol. The second kappa shape index (κ2) is 3.15. The van der Waals surface area contributed by atoms with Gasteiger partial charge >= 0.3 is 0 Å². The van der Waals surface area contributed by atoms with Gasteiger partial charge in [0.1, 0.15) is 0 Å². The first-order valence-electron chi connectivity index (χ1n) is 3.33. The Balaban J connectivity index is 1.96. The van der Waals surface area contributed by atoms with Crippen LogP contribution in [0.15, 0.2) is 0 Å². The van der Waals surface area contributed by atoms with Crippen LogP contribution in [0, 0.1) is 0 Å². The van der Waals surface area contributed by atoms with Crippen molar-refractivity contribution in [2.75, 3.05) is 27.2 Å². The summed E-state index contributed by atoms with van der Waals surface area (Å²) in [5, 5.41) is 6.13. The van der Waals surface area contributed by atoms with Crippen LogP contribution in [0.1, 0.15) is 0 Å². The van der Waals surface area contributed by atoms with Gasteiger partial charge in [0.25, 0.3) is 0 Å². The average Bonchev–Trinajstić information content (AvgIpc) is 2.50. The van der Waals surface area contributed by atoms with E-state index in [0.29, 0.717) is 12.2 Å². The quantitative estimate of drug-likeness (QED) is 0.489. The van der Waals surface area contributed by atoms with Gasteiger partial charge in [-0.2, -0.15) is 0 Å². The van der Waals surface area contributed by atoms with Crippen molar-refractivity contribution in [3.63, 3.8) is 0 Å². The lowest BCUT2D eigenvalue weighted by Gasteiger charge is -1.91. The minimum Gasteiger partial charge on any atom is -0.367 e. The van der Waals surface area contributed by atoms with Gasteiger partial charge in [0.05, 0.1) is 12.2 Å². The Labute approximate surface area is 55.8 Å². The predicted molar refractivity (Wildman–Crippen MR) is 36.5 cm³/mol. The molecule has 2 N–H and O–H groups in total. The molecule has 3 nitrogen and oxygen atoms in total. The molecule has 0 amide bonds. The van der Waals surface area contributed by atoms with E-state index in [-0.39, 0.29) is 0 Å². The van der Waals surface area contributed by atoms with Crippen LogP contribution in [-0.4, -0.2) is 39.4 Å². The second-order valence-corrected chi connectivity index (χ2v) is 2.33. The van der Waals surface area contributed by atoms with Gasteiger partial charge in [0.15, 0.2) is 0 Å². The van der Waals surface area contributed by atoms with E-state index in [4.69, 9.17) is 4.74 Å². The summed E-state index contributed by atoms with van der Waals surface area (Å²) >= 11 is 0. The molecule has 0 aliphatic carbocycles. The number of rotatable bonds is 4. The Morgan fingerprint density at radius 1 is 1.11 bits per heavy atom. The summed E-state index contributed by atoms with van der Waals surface area (Å²) in [6.07, 6.45) is 0.921. The van der Waals surface area contributed by atoms with Gasteiger partial charge < -0.3 is 15.4 Å². The summed E-state index contributed by atoms with van der Waals surface area (Å²) in [6, 6.07) is 0. The van der Waals surface area contributed by atoms with Crippen molar-refractivity contribution >= 4 is 0 Å². The van der Waals surface area contributed by atoms with E-state index in [0.717, 1.165) is 13.1 Å². The fourth-order valence-electron chi connectivity index (χ4n) is 0.941. The normalized spacial score (nSPS) is 32.7. The average molecular weight is 130 g/mol. The Morgan fingerprint density at radius 3 is 1.89 bits per heavy atom. The molecule has 1 saturated heterocycles. The Kier molecular flexibility index (Phi) is 2.45. The van der Waals surface area contributed by atoms with E-state index in [1.807, 2.05) is 14.1 Å². The number of nitrogens with one attached hydrogen (secondary N) is 2. The van der Waals surface area contributed by atoms with Crippen LogP contribution in [0.4, 0.5) is 0 Å². The number of ether oxygens (including phenoxy) is 1. The molecule has 0 aromatic heterocycles. The van der Waals surface area contributed by atoms with Crippen LogP contribution >= 0.6 is 0 Å². The van der Waals surface area contributed by atoms with Crippen molar-refractivity contribution < 1.29 is 4.74 Å². The first kappa shape index (κ1) is 6.99. The van der Waals surface area contributed by atoms with E-state index in [1.54, 1.807) is 0 Å². The molecule has 0 saturated carbocycles. The highest BCUT2D eigenvalue weighted by Crippen LogP contribution is 2.19. The minimum atomic E-state index is 0.461. The highest BCUT2D eigenvalue weighted by atomic mass is 16.6. The maximum Gasteiger partial charge on any atom is 0.0978 e. The molecule has 54 valence electrons. The molecular formula is C6H14N2O. The van der Waals surface area contributed by atoms with Crippen LogP contribution in [-0.2, 0) is 4.74 Å². The molecule has 1 heterocycles. The van der Waals surface area contributed by atoms with Crippen molar-refractivity contribution in [3.8, 4) is 0 Å². The van der Waals surface area contributed by atoms with E-state index in [9.17, 15) is 0 Å². The minimum absolute atomic E-state index is 0.461. The van der Waals surface area contributed by atoms with Crippen LogP contribution in [0.5, 0.6) is 0 Å². The summed E-state index contributed by atoms with van der Waals surface area (Å²) < 4.78 is 5.27. The molecule has 1 fully saturated rings. The Bertz CT molecular complexity index is 77.1. The first-order valence-corrected chi connectivity index (χ1v) is 3.33. The fraction of sp³-hybridized carbons (Fsp3) is 1.00. The first-order chi connectivity index (χ1) is 4.38. The summed E-state index contributed by atoms with van der Waals surface area (Å²) in [7, 11) is 3.89. The second-order valence-electron chi connectivity index (χ2n) is 2.33. The third-order valence-electron chi connectivity index (χ3n) is 1.50.